The predicted octanol–water partition coefficient (Wildman–Crippen LogP) is 1.74. The standard InChI is InChI=1S/C10H20N2O/c1-4-12(3)11-9(2)10-6-5-7-13-8-10/h10H,4-8H2,1-3H3/b11-9+. The second kappa shape index (κ2) is 5.22. The van der Waals surface area contributed by atoms with Crippen LogP contribution in [0.1, 0.15) is 26.7 Å². The molecule has 0 radical (unpaired) electrons. The largest absolute Gasteiger partial charge is 0.381 e. The SMILES string of the molecule is CCN(C)/N=C(\C)C1CCCOC1. The minimum Gasteiger partial charge on any atom is -0.381 e. The van der Waals surface area contributed by atoms with Gasteiger partial charge in [0.1, 0.15) is 0 Å². The second-order valence-corrected chi connectivity index (χ2v) is 3.63. The molecule has 1 saturated heterocycles. The van der Waals surface area contributed by atoms with E-state index < -0.39 is 0 Å². The molecular formula is C10H20N2O. The molecule has 0 aromatic carbocycles. The molecule has 0 saturated carbocycles. The van der Waals surface area contributed by atoms with Gasteiger partial charge < -0.3 is 9.75 Å². The zero-order chi connectivity index (χ0) is 9.68. The Kier molecular flexibility index (Phi) is 4.22. The van der Waals surface area contributed by atoms with Gasteiger partial charge in [-0.1, -0.05) is 0 Å². The Morgan fingerprint density at radius 2 is 2.38 bits per heavy atom. The van der Waals surface area contributed by atoms with Crippen molar-refractivity contribution < 1.29 is 4.74 Å². The van der Waals surface area contributed by atoms with Gasteiger partial charge in [-0.3, -0.25) is 0 Å². The van der Waals surface area contributed by atoms with Crippen LogP contribution in [0.15, 0.2) is 5.10 Å². The number of hydrogen-bond acceptors (Lipinski definition) is 3. The van der Waals surface area contributed by atoms with Gasteiger partial charge in [0.05, 0.1) is 6.61 Å². The van der Waals surface area contributed by atoms with E-state index in [1.165, 1.54) is 18.6 Å². The number of hydrogen-bond donors (Lipinski definition) is 0. The van der Waals surface area contributed by atoms with Gasteiger partial charge in [0.25, 0.3) is 0 Å². The van der Waals surface area contributed by atoms with E-state index in [2.05, 4.69) is 18.9 Å². The van der Waals surface area contributed by atoms with Gasteiger partial charge >= 0.3 is 0 Å². The average molecular weight is 184 g/mol. The lowest BCUT2D eigenvalue weighted by Gasteiger charge is -2.23. The van der Waals surface area contributed by atoms with Gasteiger partial charge in [-0.05, 0) is 26.7 Å². The van der Waals surface area contributed by atoms with Crippen LogP contribution < -0.4 is 0 Å². The Labute approximate surface area is 80.8 Å². The summed E-state index contributed by atoms with van der Waals surface area (Å²) in [4.78, 5) is 0. The molecule has 0 bridgehead atoms. The van der Waals surface area contributed by atoms with Crippen LogP contribution in [0, 0.1) is 5.92 Å². The van der Waals surface area contributed by atoms with E-state index in [1.54, 1.807) is 0 Å². The van der Waals surface area contributed by atoms with E-state index >= 15 is 0 Å². The Hall–Kier alpha value is -0.570. The molecule has 0 aliphatic carbocycles. The van der Waals surface area contributed by atoms with Crippen molar-refractivity contribution in [1.29, 1.82) is 0 Å². The van der Waals surface area contributed by atoms with Crippen molar-refractivity contribution in [3.8, 4) is 0 Å². The van der Waals surface area contributed by atoms with E-state index in [1.807, 2.05) is 12.1 Å². The summed E-state index contributed by atoms with van der Waals surface area (Å²) in [5.74, 6) is 0.544. The molecule has 0 aromatic heterocycles. The van der Waals surface area contributed by atoms with Crippen LogP contribution in [0.4, 0.5) is 0 Å². The molecule has 13 heavy (non-hydrogen) atoms. The highest BCUT2D eigenvalue weighted by Gasteiger charge is 2.16. The first-order valence-corrected chi connectivity index (χ1v) is 5.08. The van der Waals surface area contributed by atoms with E-state index in [9.17, 15) is 0 Å². The molecular weight excluding hydrogens is 164 g/mol. The van der Waals surface area contributed by atoms with E-state index in [0.29, 0.717) is 5.92 Å². The van der Waals surface area contributed by atoms with E-state index in [0.717, 1.165) is 19.8 Å². The van der Waals surface area contributed by atoms with Crippen LogP contribution in [0.2, 0.25) is 0 Å². The topological polar surface area (TPSA) is 24.8 Å². The van der Waals surface area contributed by atoms with Crippen molar-refractivity contribution in [2.24, 2.45) is 11.0 Å². The molecule has 3 nitrogen and oxygen atoms in total. The Morgan fingerprint density at radius 3 is 2.92 bits per heavy atom. The zero-order valence-electron chi connectivity index (χ0n) is 8.92. The van der Waals surface area contributed by atoms with Gasteiger partial charge in [0.2, 0.25) is 0 Å². The molecule has 0 N–H and O–H groups in total. The van der Waals surface area contributed by atoms with Gasteiger partial charge in [0.15, 0.2) is 0 Å². The lowest BCUT2D eigenvalue weighted by molar-refractivity contribution is 0.0762. The third-order valence-corrected chi connectivity index (χ3v) is 2.54. The highest BCUT2D eigenvalue weighted by atomic mass is 16.5. The predicted molar refractivity (Wildman–Crippen MR) is 55.0 cm³/mol. The fourth-order valence-corrected chi connectivity index (χ4v) is 1.49. The second-order valence-electron chi connectivity index (χ2n) is 3.63. The molecule has 1 aliphatic rings. The molecule has 1 rings (SSSR count). The molecule has 1 heterocycles. The first-order valence-electron chi connectivity index (χ1n) is 5.08. The van der Waals surface area contributed by atoms with Crippen LogP contribution in [0.3, 0.4) is 0 Å². The lowest BCUT2D eigenvalue weighted by Crippen LogP contribution is -2.25. The highest BCUT2D eigenvalue weighted by molar-refractivity contribution is 5.84. The number of rotatable bonds is 3. The Bertz CT molecular complexity index is 174. The average Bonchev–Trinajstić information content (AvgIpc) is 2.19. The van der Waals surface area contributed by atoms with Gasteiger partial charge in [0, 0.05) is 31.8 Å². The summed E-state index contributed by atoms with van der Waals surface area (Å²) in [6.45, 7) is 6.95. The third-order valence-electron chi connectivity index (χ3n) is 2.54. The maximum atomic E-state index is 5.42. The van der Waals surface area contributed by atoms with Crippen LogP contribution >= 0.6 is 0 Å². The first-order chi connectivity index (χ1) is 6.24. The summed E-state index contributed by atoms with van der Waals surface area (Å²) in [5.41, 5.74) is 1.21. The van der Waals surface area contributed by atoms with Crippen molar-refractivity contribution in [3.05, 3.63) is 0 Å². The fraction of sp³-hybridized carbons (Fsp3) is 0.900. The van der Waals surface area contributed by atoms with Gasteiger partial charge in [-0.15, -0.1) is 0 Å². The van der Waals surface area contributed by atoms with Crippen molar-refractivity contribution in [1.82, 2.24) is 5.01 Å². The summed E-state index contributed by atoms with van der Waals surface area (Å²) >= 11 is 0. The van der Waals surface area contributed by atoms with Crippen LogP contribution in [-0.4, -0.2) is 37.5 Å². The minimum atomic E-state index is 0.544. The van der Waals surface area contributed by atoms with E-state index in [-0.39, 0.29) is 0 Å². The molecule has 0 spiro atoms. The van der Waals surface area contributed by atoms with Gasteiger partial charge in [-0.2, -0.15) is 5.10 Å². The third kappa shape index (κ3) is 3.35. The summed E-state index contributed by atoms with van der Waals surface area (Å²) in [7, 11) is 2.01. The monoisotopic (exact) mass is 184 g/mol. The van der Waals surface area contributed by atoms with Crippen LogP contribution in [0.25, 0.3) is 0 Å². The first kappa shape index (κ1) is 10.5. The van der Waals surface area contributed by atoms with E-state index in [4.69, 9.17) is 4.74 Å². The maximum Gasteiger partial charge on any atom is 0.0547 e. The van der Waals surface area contributed by atoms with Crippen LogP contribution in [-0.2, 0) is 4.74 Å². The quantitative estimate of drug-likeness (QED) is 0.493. The molecule has 0 aromatic rings. The number of ether oxygens (including phenoxy) is 1. The molecule has 1 atom stereocenters. The Balaban J connectivity index is 2.44. The molecule has 0 amide bonds. The minimum absolute atomic E-state index is 0.544. The van der Waals surface area contributed by atoms with Crippen LogP contribution in [0.5, 0.6) is 0 Å². The van der Waals surface area contributed by atoms with Gasteiger partial charge in [-0.25, -0.2) is 0 Å². The summed E-state index contributed by atoms with van der Waals surface area (Å²) in [6, 6.07) is 0. The normalized spacial score (nSPS) is 24.5. The van der Waals surface area contributed by atoms with Crippen molar-refractivity contribution in [3.63, 3.8) is 0 Å². The smallest absolute Gasteiger partial charge is 0.0547 e. The Morgan fingerprint density at radius 1 is 1.62 bits per heavy atom. The number of hydrazone groups is 1. The summed E-state index contributed by atoms with van der Waals surface area (Å²) in [6.07, 6.45) is 2.40. The highest BCUT2D eigenvalue weighted by Crippen LogP contribution is 2.15. The molecule has 1 aliphatic heterocycles. The van der Waals surface area contributed by atoms with Crippen molar-refractivity contribution in [2.75, 3.05) is 26.8 Å². The summed E-state index contributed by atoms with van der Waals surface area (Å²) < 4.78 is 5.42. The van der Waals surface area contributed by atoms with Crippen molar-refractivity contribution >= 4 is 5.71 Å². The lowest BCUT2D eigenvalue weighted by atomic mass is 9.98. The molecule has 1 unspecified atom stereocenters. The number of nitrogens with zero attached hydrogens (tertiary/aromatic N) is 2. The molecule has 1 fully saturated rings. The van der Waals surface area contributed by atoms with Crippen molar-refractivity contribution in [2.45, 2.75) is 26.7 Å². The summed E-state index contributed by atoms with van der Waals surface area (Å²) in [5, 5.41) is 6.47. The maximum absolute atomic E-state index is 5.42. The molecule has 76 valence electrons. The molecule has 3 heteroatoms. The zero-order valence-corrected chi connectivity index (χ0v) is 8.92. The fourth-order valence-electron chi connectivity index (χ4n) is 1.49.